The number of carbonyl (C=O) groups excluding carboxylic acids is 4. The second kappa shape index (κ2) is 26.7. The van der Waals surface area contributed by atoms with Crippen LogP contribution in [0, 0.1) is 11.6 Å². The van der Waals surface area contributed by atoms with Gasteiger partial charge in [-0.2, -0.15) is 0 Å². The molecule has 7 rings (SSSR count). The smallest absolute Gasteiger partial charge is 0.261 e. The molecule has 0 heterocycles. The maximum atomic E-state index is 13.5. The van der Waals surface area contributed by atoms with Gasteiger partial charge in [0.15, 0.2) is 11.6 Å². The zero-order valence-corrected chi connectivity index (χ0v) is 40.5. The van der Waals surface area contributed by atoms with Crippen molar-refractivity contribution in [1.29, 1.82) is 0 Å². The molecule has 71 heavy (non-hydrogen) atoms. The highest BCUT2D eigenvalue weighted by Gasteiger charge is 2.26. The molecule has 10 nitrogen and oxygen atoms in total. The van der Waals surface area contributed by atoms with Crippen LogP contribution in [0.5, 0.6) is 11.5 Å². The lowest BCUT2D eigenvalue weighted by Gasteiger charge is -2.19. The largest absolute Gasteiger partial charge is 0.496 e. The molecule has 368 valence electrons. The molecular weight excluding hydrogens is 966 g/mol. The highest BCUT2D eigenvalue weighted by molar-refractivity contribution is 8.13. The van der Waals surface area contributed by atoms with Crippen molar-refractivity contribution in [1.82, 2.24) is 10.6 Å². The number of methoxy groups -OCH3 is 2. The molecule has 7 aromatic carbocycles. The zero-order chi connectivity index (χ0) is 50.0. The van der Waals surface area contributed by atoms with Gasteiger partial charge in [0, 0.05) is 62.5 Å². The first-order valence-electron chi connectivity index (χ1n) is 21.9. The highest BCUT2D eigenvalue weighted by atomic mass is 35.7. The van der Waals surface area contributed by atoms with Crippen molar-refractivity contribution in [3.05, 3.63) is 227 Å². The molecule has 15 heteroatoms. The van der Waals surface area contributed by atoms with Gasteiger partial charge >= 0.3 is 0 Å². The van der Waals surface area contributed by atoms with E-state index >= 15 is 0 Å². The van der Waals surface area contributed by atoms with Crippen molar-refractivity contribution >= 4 is 54.9 Å². The lowest BCUT2D eigenvalue weighted by Crippen LogP contribution is -2.43. The van der Waals surface area contributed by atoms with Crippen LogP contribution in [0.25, 0.3) is 0 Å². The topological polar surface area (TPSA) is 145 Å². The van der Waals surface area contributed by atoms with Crippen LogP contribution in [0.2, 0.25) is 0 Å². The van der Waals surface area contributed by atoms with Gasteiger partial charge in [0.25, 0.3) is 20.9 Å². The lowest BCUT2D eigenvalue weighted by molar-refractivity contribution is -0.121. The van der Waals surface area contributed by atoms with Crippen LogP contribution in [-0.2, 0) is 50.1 Å². The number of rotatable bonds is 20. The summed E-state index contributed by atoms with van der Waals surface area (Å²) in [6.45, 7) is 0. The third-order valence-corrected chi connectivity index (χ3v) is 13.4. The minimum absolute atomic E-state index is 0. The minimum atomic E-state index is -3.96. The predicted octanol–water partition coefficient (Wildman–Crippen LogP) is 10.8. The van der Waals surface area contributed by atoms with Gasteiger partial charge in [-0.25, -0.2) is 17.2 Å². The van der Waals surface area contributed by atoms with E-state index in [4.69, 9.17) is 20.2 Å². The van der Waals surface area contributed by atoms with Gasteiger partial charge in [0.1, 0.15) is 23.1 Å². The molecule has 0 aliphatic carbocycles. The standard InChI is InChI=1S/C31H28FNO3S.C24H21ClFNO5S.CH4/c1-36-30-20-27(37-21-23-10-6-3-7-11-23)17-14-25(30)19-29(34)28(18-22-8-4-2-5-9-22)33-31(35)24-12-15-26(32)16-13-24;1-32-23-15-20(33(25,30)31)12-9-18(23)14-22(28)21(13-16-5-3-2-4-6-16)27-24(29)17-7-10-19(26)11-8-17;/h2-17,20,28H,18-19,21H2,1H3,(H,33,35);2-12,15,21H,13-14H2,1H3,(H,27,29);1H4/t28-;21-;/m00./s1. The number of benzene rings is 7. The first-order chi connectivity index (χ1) is 33.7. The molecular formula is C56H53ClF2N2O8S2. The van der Waals surface area contributed by atoms with E-state index in [1.165, 1.54) is 79.4 Å². The first kappa shape index (κ1) is 54.8. The van der Waals surface area contributed by atoms with Crippen LogP contribution in [0.4, 0.5) is 8.78 Å². The Kier molecular flexibility index (Phi) is 20.6. The number of nitrogens with one attached hydrogen (secondary N) is 2. The monoisotopic (exact) mass is 1020 g/mol. The third kappa shape index (κ3) is 16.8. The van der Waals surface area contributed by atoms with Gasteiger partial charge in [-0.1, -0.05) is 111 Å². The SMILES string of the molecule is C.COc1cc(S(=O)(=O)Cl)ccc1CC(=O)[C@H](Cc1ccccc1)NC(=O)c1ccc(F)cc1.COc1cc(SCc2ccccc2)ccc1CC(=O)[C@H](Cc1ccccc1)NC(=O)c1ccc(F)cc1. The number of carbonyl (C=O) groups is 4. The summed E-state index contributed by atoms with van der Waals surface area (Å²) in [5.41, 5.74) is 4.71. The summed E-state index contributed by atoms with van der Waals surface area (Å²) in [6.07, 6.45) is 0.573. The van der Waals surface area contributed by atoms with E-state index in [-0.39, 0.29) is 54.5 Å². The number of ether oxygens (including phenoxy) is 2. The number of halogens is 3. The van der Waals surface area contributed by atoms with Crippen LogP contribution in [-0.4, -0.2) is 58.1 Å². The average molecular weight is 1020 g/mol. The molecule has 2 N–H and O–H groups in total. The van der Waals surface area contributed by atoms with E-state index in [9.17, 15) is 36.4 Å². The van der Waals surface area contributed by atoms with Crippen LogP contribution >= 0.6 is 22.4 Å². The number of amides is 2. The van der Waals surface area contributed by atoms with E-state index in [0.29, 0.717) is 23.3 Å². The molecule has 0 bridgehead atoms. The van der Waals surface area contributed by atoms with E-state index in [2.05, 4.69) is 22.8 Å². The number of hydrogen-bond donors (Lipinski definition) is 2. The van der Waals surface area contributed by atoms with Crippen molar-refractivity contribution in [2.24, 2.45) is 0 Å². The van der Waals surface area contributed by atoms with Gasteiger partial charge in [-0.3, -0.25) is 19.2 Å². The van der Waals surface area contributed by atoms with Crippen molar-refractivity contribution < 1.29 is 45.9 Å². The number of Topliss-reactive ketones (excluding diaryl/α,β-unsaturated/α-hetero) is 2. The summed E-state index contributed by atoms with van der Waals surface area (Å²) < 4.78 is 60.6. The Hall–Kier alpha value is -7.13. The van der Waals surface area contributed by atoms with Crippen molar-refractivity contribution in [2.75, 3.05) is 14.2 Å². The van der Waals surface area contributed by atoms with Crippen LogP contribution < -0.4 is 20.1 Å². The van der Waals surface area contributed by atoms with Gasteiger partial charge in [0.05, 0.1) is 31.2 Å². The van der Waals surface area contributed by atoms with Crippen molar-refractivity contribution in [2.45, 2.75) is 60.7 Å². The molecule has 2 amide bonds. The molecule has 0 aliphatic rings. The van der Waals surface area contributed by atoms with E-state index in [1.54, 1.807) is 18.9 Å². The Labute approximate surface area is 422 Å². The maximum Gasteiger partial charge on any atom is 0.261 e. The second-order valence-corrected chi connectivity index (χ2v) is 19.5. The van der Waals surface area contributed by atoms with Crippen molar-refractivity contribution in [3.63, 3.8) is 0 Å². The Balaban J connectivity index is 0.000000262. The minimum Gasteiger partial charge on any atom is -0.496 e. The van der Waals surface area contributed by atoms with E-state index < -0.39 is 44.6 Å². The van der Waals surface area contributed by atoms with Gasteiger partial charge in [-0.15, -0.1) is 11.8 Å². The molecule has 7 aromatic rings. The zero-order valence-electron chi connectivity index (χ0n) is 38.1. The number of thioether (sulfide) groups is 1. The molecule has 0 unspecified atom stereocenters. The van der Waals surface area contributed by atoms with Gasteiger partial charge in [0.2, 0.25) is 0 Å². The molecule has 2 atom stereocenters. The fourth-order valence-electron chi connectivity index (χ4n) is 7.22. The quantitative estimate of drug-likeness (QED) is 0.0563. The fourth-order valence-corrected chi connectivity index (χ4v) is 8.87. The average Bonchev–Trinajstić information content (AvgIpc) is 3.36. The van der Waals surface area contributed by atoms with Crippen LogP contribution in [0.15, 0.2) is 186 Å². The molecule has 0 saturated heterocycles. The van der Waals surface area contributed by atoms with E-state index in [1.807, 2.05) is 97.1 Å². The Morgan fingerprint density at radius 1 is 0.549 bits per heavy atom. The molecule has 0 aromatic heterocycles. The van der Waals surface area contributed by atoms with Crippen LogP contribution in [0.1, 0.15) is 56.0 Å². The third-order valence-electron chi connectivity index (χ3n) is 10.9. The van der Waals surface area contributed by atoms with Gasteiger partial charge < -0.3 is 20.1 Å². The highest BCUT2D eigenvalue weighted by Crippen LogP contribution is 2.30. The molecule has 0 aliphatic heterocycles. The summed E-state index contributed by atoms with van der Waals surface area (Å²) in [5, 5.41) is 5.58. The molecule has 0 fully saturated rings. The summed E-state index contributed by atoms with van der Waals surface area (Å²) >= 11 is 1.70. The summed E-state index contributed by atoms with van der Waals surface area (Å²) in [6, 6.07) is 47.4. The molecule has 0 radical (unpaired) electrons. The Bertz CT molecular complexity index is 2990. The summed E-state index contributed by atoms with van der Waals surface area (Å²) in [5.74, 6) is -0.631. The normalized spacial score (nSPS) is 11.6. The van der Waals surface area contributed by atoms with Crippen LogP contribution in [0.3, 0.4) is 0 Å². The van der Waals surface area contributed by atoms with Gasteiger partial charge in [-0.05, 0) is 96.3 Å². The Morgan fingerprint density at radius 3 is 1.35 bits per heavy atom. The molecule has 0 spiro atoms. The Morgan fingerprint density at radius 2 is 0.944 bits per heavy atom. The lowest BCUT2D eigenvalue weighted by atomic mass is 9.97. The molecule has 0 saturated carbocycles. The summed E-state index contributed by atoms with van der Waals surface area (Å²) in [4.78, 5) is 53.1. The number of ketones is 2. The van der Waals surface area contributed by atoms with Crippen molar-refractivity contribution in [3.8, 4) is 11.5 Å². The summed E-state index contributed by atoms with van der Waals surface area (Å²) in [7, 11) is 4.37. The number of hydrogen-bond acceptors (Lipinski definition) is 9. The first-order valence-corrected chi connectivity index (χ1v) is 25.2. The van der Waals surface area contributed by atoms with E-state index in [0.717, 1.165) is 27.3 Å². The second-order valence-electron chi connectivity index (χ2n) is 15.9. The predicted molar refractivity (Wildman–Crippen MR) is 275 cm³/mol. The fraction of sp³-hybridized carbons (Fsp3) is 0.179. The maximum absolute atomic E-state index is 13.5.